The van der Waals surface area contributed by atoms with Crippen molar-refractivity contribution in [3.8, 4) is 0 Å². The third kappa shape index (κ3) is 4.11. The lowest BCUT2D eigenvalue weighted by Gasteiger charge is -2.28. The van der Waals surface area contributed by atoms with Crippen LogP contribution in [0.3, 0.4) is 0 Å². The summed E-state index contributed by atoms with van der Waals surface area (Å²) in [6, 6.07) is 2.60. The van der Waals surface area contributed by atoms with Crippen molar-refractivity contribution in [1.29, 1.82) is 0 Å². The molecule has 0 aromatic heterocycles. The molecule has 0 radical (unpaired) electrons. The van der Waals surface area contributed by atoms with Gasteiger partial charge in [0.05, 0.1) is 4.90 Å². The third-order valence-electron chi connectivity index (χ3n) is 3.55. The highest BCUT2D eigenvalue weighted by Crippen LogP contribution is 2.27. The van der Waals surface area contributed by atoms with Gasteiger partial charge in [0.25, 0.3) is 15.0 Å². The summed E-state index contributed by atoms with van der Waals surface area (Å²) in [7, 11) is 1.41. The largest absolute Gasteiger partial charge is 0.336 e. The van der Waals surface area contributed by atoms with Gasteiger partial charge in [-0.25, -0.2) is 8.42 Å². The quantitative estimate of drug-likeness (QED) is 0.757. The highest BCUT2D eigenvalue weighted by molar-refractivity contribution is 8.13. The highest BCUT2D eigenvalue weighted by Gasteiger charge is 2.24. The maximum atomic E-state index is 12.7. The summed E-state index contributed by atoms with van der Waals surface area (Å²) in [4.78, 5) is 14.2. The molecule has 7 heteroatoms. The summed E-state index contributed by atoms with van der Waals surface area (Å²) in [6.45, 7) is 8.02. The summed E-state index contributed by atoms with van der Waals surface area (Å²) < 4.78 is 23.0. The van der Waals surface area contributed by atoms with E-state index in [-0.39, 0.29) is 27.4 Å². The lowest BCUT2D eigenvalue weighted by molar-refractivity contribution is 0.0699. The van der Waals surface area contributed by atoms with Crippen molar-refractivity contribution in [1.82, 2.24) is 4.90 Å². The SMILES string of the molecule is CCC(C)N(CC)C(=O)c1cc(S(=O)(=O)Cl)cc(Cl)c1C. The zero-order valence-electron chi connectivity index (χ0n) is 12.5. The van der Waals surface area contributed by atoms with Crippen molar-refractivity contribution in [2.75, 3.05) is 6.54 Å². The fourth-order valence-electron chi connectivity index (χ4n) is 2.05. The zero-order valence-corrected chi connectivity index (χ0v) is 14.8. The standard InChI is InChI=1S/C14H19Cl2NO3S/c1-5-9(3)17(6-2)14(18)12-7-11(21(16,19)20)8-13(15)10(12)4/h7-9H,5-6H2,1-4H3. The Balaban J connectivity index is 3.42. The van der Waals surface area contributed by atoms with Crippen LogP contribution < -0.4 is 0 Å². The van der Waals surface area contributed by atoms with E-state index in [4.69, 9.17) is 22.3 Å². The lowest BCUT2D eigenvalue weighted by Crippen LogP contribution is -2.38. The molecule has 1 aromatic carbocycles. The molecule has 0 spiro atoms. The van der Waals surface area contributed by atoms with Crippen LogP contribution in [0.5, 0.6) is 0 Å². The van der Waals surface area contributed by atoms with E-state index in [1.165, 1.54) is 12.1 Å². The van der Waals surface area contributed by atoms with Gasteiger partial charge in [0.1, 0.15) is 0 Å². The first-order valence-corrected chi connectivity index (χ1v) is 9.37. The normalized spacial score (nSPS) is 13.0. The van der Waals surface area contributed by atoms with E-state index in [2.05, 4.69) is 0 Å². The summed E-state index contributed by atoms with van der Waals surface area (Å²) in [5.41, 5.74) is 0.816. The summed E-state index contributed by atoms with van der Waals surface area (Å²) in [5.74, 6) is -0.242. The van der Waals surface area contributed by atoms with E-state index in [1.807, 2.05) is 20.8 Å². The molecule has 1 unspecified atom stereocenters. The number of carbonyl (C=O) groups is 1. The molecule has 21 heavy (non-hydrogen) atoms. The van der Waals surface area contributed by atoms with Gasteiger partial charge >= 0.3 is 0 Å². The van der Waals surface area contributed by atoms with Gasteiger partial charge in [-0.15, -0.1) is 0 Å². The monoisotopic (exact) mass is 351 g/mol. The lowest BCUT2D eigenvalue weighted by atomic mass is 10.1. The van der Waals surface area contributed by atoms with Crippen LogP contribution in [0.1, 0.15) is 43.1 Å². The Kier molecular flexibility index (Phi) is 6.08. The number of halogens is 2. The third-order valence-corrected chi connectivity index (χ3v) is 5.28. The summed E-state index contributed by atoms with van der Waals surface area (Å²) in [6.07, 6.45) is 0.805. The van der Waals surface area contributed by atoms with Crippen molar-refractivity contribution in [3.05, 3.63) is 28.3 Å². The van der Waals surface area contributed by atoms with Gasteiger partial charge in [0.2, 0.25) is 0 Å². The molecule has 1 atom stereocenters. The summed E-state index contributed by atoms with van der Waals surface area (Å²) in [5, 5.41) is 0.209. The van der Waals surface area contributed by atoms with Crippen molar-refractivity contribution < 1.29 is 13.2 Å². The predicted octanol–water partition coefficient (Wildman–Crippen LogP) is 3.84. The number of hydrogen-bond donors (Lipinski definition) is 0. The zero-order chi connectivity index (χ0) is 16.4. The Morgan fingerprint density at radius 3 is 2.33 bits per heavy atom. The number of nitrogens with zero attached hydrogens (tertiary/aromatic N) is 1. The van der Waals surface area contributed by atoms with Gasteiger partial charge in [-0.1, -0.05) is 18.5 Å². The molecule has 0 bridgehead atoms. The molecule has 0 heterocycles. The summed E-state index contributed by atoms with van der Waals surface area (Å²) >= 11 is 6.04. The second kappa shape index (κ2) is 6.99. The molecule has 0 saturated heterocycles. The molecule has 1 amide bonds. The Morgan fingerprint density at radius 2 is 1.90 bits per heavy atom. The minimum Gasteiger partial charge on any atom is -0.336 e. The van der Waals surface area contributed by atoms with E-state index >= 15 is 0 Å². The van der Waals surface area contributed by atoms with Crippen LogP contribution in [0.15, 0.2) is 17.0 Å². The first kappa shape index (κ1) is 18.3. The molecular weight excluding hydrogens is 333 g/mol. The number of rotatable bonds is 5. The average Bonchev–Trinajstić information content (AvgIpc) is 2.40. The van der Waals surface area contributed by atoms with Crippen LogP contribution in [0, 0.1) is 6.92 Å². The van der Waals surface area contributed by atoms with Crippen LogP contribution in [0.2, 0.25) is 5.02 Å². The van der Waals surface area contributed by atoms with Crippen LogP contribution in [-0.2, 0) is 9.05 Å². The highest BCUT2D eigenvalue weighted by atomic mass is 35.7. The number of amides is 1. The minimum absolute atomic E-state index is 0.0527. The molecule has 0 fully saturated rings. The van der Waals surface area contributed by atoms with Crippen LogP contribution >= 0.6 is 22.3 Å². The van der Waals surface area contributed by atoms with Gasteiger partial charge in [-0.05, 0) is 44.9 Å². The minimum atomic E-state index is -3.94. The first-order chi connectivity index (χ1) is 9.63. The molecule has 118 valence electrons. The Morgan fingerprint density at radius 1 is 1.33 bits per heavy atom. The van der Waals surface area contributed by atoms with Crippen molar-refractivity contribution >= 4 is 37.2 Å². The van der Waals surface area contributed by atoms with Gasteiger partial charge < -0.3 is 4.90 Å². The fraction of sp³-hybridized carbons (Fsp3) is 0.500. The van der Waals surface area contributed by atoms with Crippen molar-refractivity contribution in [2.24, 2.45) is 0 Å². The molecule has 1 aromatic rings. The second-order valence-corrected chi connectivity index (χ2v) is 7.84. The smallest absolute Gasteiger partial charge is 0.261 e. The van der Waals surface area contributed by atoms with Crippen LogP contribution in [0.25, 0.3) is 0 Å². The molecule has 0 saturated carbocycles. The Bertz CT molecular complexity index is 644. The van der Waals surface area contributed by atoms with Gasteiger partial charge in [0.15, 0.2) is 0 Å². The van der Waals surface area contributed by atoms with Gasteiger partial charge in [-0.2, -0.15) is 0 Å². The number of benzene rings is 1. The molecule has 0 aliphatic rings. The van der Waals surface area contributed by atoms with Gasteiger partial charge in [0, 0.05) is 33.9 Å². The first-order valence-electron chi connectivity index (χ1n) is 6.69. The van der Waals surface area contributed by atoms with E-state index < -0.39 is 9.05 Å². The fourth-order valence-corrected chi connectivity index (χ4v) is 3.12. The maximum absolute atomic E-state index is 12.7. The number of carbonyl (C=O) groups excluding carboxylic acids is 1. The topological polar surface area (TPSA) is 54.5 Å². The van der Waals surface area contributed by atoms with E-state index in [0.29, 0.717) is 12.1 Å². The maximum Gasteiger partial charge on any atom is 0.261 e. The van der Waals surface area contributed by atoms with Crippen LogP contribution in [0.4, 0.5) is 0 Å². The number of hydrogen-bond acceptors (Lipinski definition) is 3. The Hall–Kier alpha value is -0.780. The second-order valence-electron chi connectivity index (χ2n) is 4.86. The van der Waals surface area contributed by atoms with E-state index in [1.54, 1.807) is 11.8 Å². The molecule has 0 N–H and O–H groups in total. The average molecular weight is 352 g/mol. The van der Waals surface area contributed by atoms with E-state index in [9.17, 15) is 13.2 Å². The Labute approximate surface area is 135 Å². The molecule has 0 aliphatic heterocycles. The van der Waals surface area contributed by atoms with Gasteiger partial charge in [-0.3, -0.25) is 4.79 Å². The molecule has 1 rings (SSSR count). The van der Waals surface area contributed by atoms with E-state index in [0.717, 1.165) is 6.42 Å². The van der Waals surface area contributed by atoms with Crippen LogP contribution in [-0.4, -0.2) is 31.8 Å². The van der Waals surface area contributed by atoms with Crippen molar-refractivity contribution in [3.63, 3.8) is 0 Å². The molecular formula is C14H19Cl2NO3S. The predicted molar refractivity (Wildman–Crippen MR) is 85.7 cm³/mol. The molecule has 4 nitrogen and oxygen atoms in total. The van der Waals surface area contributed by atoms with Crippen molar-refractivity contribution in [2.45, 2.75) is 45.1 Å². The molecule has 0 aliphatic carbocycles.